The van der Waals surface area contributed by atoms with Crippen LogP contribution in [0.4, 0.5) is 5.82 Å². The van der Waals surface area contributed by atoms with Crippen LogP contribution < -0.4 is 10.9 Å². The lowest BCUT2D eigenvalue weighted by atomic mass is 9.80. The van der Waals surface area contributed by atoms with Crippen LogP contribution in [0.3, 0.4) is 0 Å². The second kappa shape index (κ2) is 5.55. The van der Waals surface area contributed by atoms with E-state index in [4.69, 9.17) is 0 Å². The van der Waals surface area contributed by atoms with Gasteiger partial charge in [-0.05, 0) is 31.1 Å². The van der Waals surface area contributed by atoms with Gasteiger partial charge in [0.2, 0.25) is 0 Å². The molecule has 1 aromatic heterocycles. The van der Waals surface area contributed by atoms with Crippen LogP contribution in [0.25, 0.3) is 0 Å². The van der Waals surface area contributed by atoms with Gasteiger partial charge in [-0.15, -0.1) is 0 Å². The summed E-state index contributed by atoms with van der Waals surface area (Å²) >= 11 is 0. The highest BCUT2D eigenvalue weighted by molar-refractivity contribution is 5.34. The molecule has 2 unspecified atom stereocenters. The van der Waals surface area contributed by atoms with Crippen LogP contribution in [0.2, 0.25) is 0 Å². The van der Waals surface area contributed by atoms with Crippen LogP contribution in [-0.2, 0) is 6.42 Å². The maximum atomic E-state index is 11.5. The summed E-state index contributed by atoms with van der Waals surface area (Å²) in [6.07, 6.45) is 4.39. The maximum absolute atomic E-state index is 11.5. The molecule has 0 aromatic carbocycles. The molecule has 4 nitrogen and oxygen atoms in total. The monoisotopic (exact) mass is 249 g/mol. The van der Waals surface area contributed by atoms with E-state index in [0.717, 1.165) is 29.9 Å². The van der Waals surface area contributed by atoms with Gasteiger partial charge in [0.1, 0.15) is 11.6 Å². The van der Waals surface area contributed by atoms with Crippen molar-refractivity contribution in [3.05, 3.63) is 22.2 Å². The fraction of sp³-hybridized carbons (Fsp3) is 0.714. The topological polar surface area (TPSA) is 57.8 Å². The molecule has 2 rings (SSSR count). The second-order valence-corrected chi connectivity index (χ2v) is 5.69. The van der Waals surface area contributed by atoms with Gasteiger partial charge in [-0.1, -0.05) is 20.8 Å². The molecule has 2 N–H and O–H groups in total. The number of aromatic nitrogens is 2. The first-order valence-electron chi connectivity index (χ1n) is 6.93. The number of aromatic amines is 1. The normalized spacial score (nSPS) is 28.1. The van der Waals surface area contributed by atoms with Crippen LogP contribution in [-0.4, -0.2) is 16.0 Å². The van der Waals surface area contributed by atoms with E-state index < -0.39 is 0 Å². The molecule has 0 aliphatic heterocycles. The minimum atomic E-state index is -0.0683. The van der Waals surface area contributed by atoms with Gasteiger partial charge in [-0.3, -0.25) is 4.79 Å². The number of hydrogen-bond donors (Lipinski definition) is 2. The van der Waals surface area contributed by atoms with Crippen LogP contribution in [0.1, 0.15) is 45.9 Å². The molecule has 100 valence electrons. The Bertz CT molecular complexity index is 445. The minimum Gasteiger partial charge on any atom is -0.367 e. The van der Waals surface area contributed by atoms with E-state index in [9.17, 15) is 4.79 Å². The summed E-state index contributed by atoms with van der Waals surface area (Å²) in [5.74, 6) is 2.97. The third kappa shape index (κ3) is 3.34. The number of hydrogen-bond acceptors (Lipinski definition) is 3. The van der Waals surface area contributed by atoms with Crippen molar-refractivity contribution in [3.63, 3.8) is 0 Å². The molecule has 0 saturated heterocycles. The van der Waals surface area contributed by atoms with Crippen molar-refractivity contribution in [2.45, 2.75) is 52.5 Å². The smallest absolute Gasteiger partial charge is 0.252 e. The van der Waals surface area contributed by atoms with E-state index >= 15 is 0 Å². The van der Waals surface area contributed by atoms with Gasteiger partial charge in [-0.2, -0.15) is 0 Å². The number of nitrogens with one attached hydrogen (secondary N) is 2. The van der Waals surface area contributed by atoms with E-state index in [-0.39, 0.29) is 5.56 Å². The summed E-state index contributed by atoms with van der Waals surface area (Å²) in [7, 11) is 0. The Morgan fingerprint density at radius 2 is 2.00 bits per heavy atom. The molecule has 4 heteroatoms. The Labute approximate surface area is 108 Å². The van der Waals surface area contributed by atoms with E-state index in [1.165, 1.54) is 19.3 Å². The minimum absolute atomic E-state index is 0.0683. The summed E-state index contributed by atoms with van der Waals surface area (Å²) < 4.78 is 0. The Kier molecular flexibility index (Phi) is 4.04. The van der Waals surface area contributed by atoms with Crippen molar-refractivity contribution >= 4 is 5.82 Å². The molecule has 0 spiro atoms. The zero-order valence-electron chi connectivity index (χ0n) is 11.5. The average Bonchev–Trinajstić information content (AvgIpc) is 2.26. The lowest BCUT2D eigenvalue weighted by molar-refractivity contribution is 0.280. The molecule has 1 aromatic rings. The molecule has 0 radical (unpaired) electrons. The largest absolute Gasteiger partial charge is 0.367 e. The predicted octanol–water partition coefficient (Wildman–Crippen LogP) is 2.57. The standard InChI is InChI=1S/C14H23N3O/c1-4-12-16-13(8-14(18)17-12)15-11-6-9(2)5-10(3)7-11/h8-11H,4-7H2,1-3H3,(H2,15,16,17,18). The zero-order chi connectivity index (χ0) is 13.1. The Balaban J connectivity index is 2.08. The van der Waals surface area contributed by atoms with Gasteiger partial charge in [0.05, 0.1) is 0 Å². The second-order valence-electron chi connectivity index (χ2n) is 5.69. The van der Waals surface area contributed by atoms with Crippen LogP contribution in [0, 0.1) is 11.8 Å². The zero-order valence-corrected chi connectivity index (χ0v) is 11.5. The molecule has 2 atom stereocenters. The van der Waals surface area contributed by atoms with E-state index in [0.29, 0.717) is 6.04 Å². The number of anilines is 1. The Morgan fingerprint density at radius 1 is 1.33 bits per heavy atom. The lowest BCUT2D eigenvalue weighted by Crippen LogP contribution is -2.31. The molecule has 1 fully saturated rings. The van der Waals surface area contributed by atoms with Crippen LogP contribution in [0.5, 0.6) is 0 Å². The average molecular weight is 249 g/mol. The van der Waals surface area contributed by atoms with Crippen molar-refractivity contribution in [3.8, 4) is 0 Å². The van der Waals surface area contributed by atoms with Crippen molar-refractivity contribution in [1.29, 1.82) is 0 Å². The molecule has 0 bridgehead atoms. The fourth-order valence-corrected chi connectivity index (χ4v) is 3.02. The molecule has 1 aliphatic carbocycles. The highest BCUT2D eigenvalue weighted by Gasteiger charge is 2.24. The van der Waals surface area contributed by atoms with Gasteiger partial charge >= 0.3 is 0 Å². The van der Waals surface area contributed by atoms with Crippen molar-refractivity contribution in [1.82, 2.24) is 9.97 Å². The highest BCUT2D eigenvalue weighted by atomic mass is 16.1. The summed E-state index contributed by atoms with van der Waals surface area (Å²) in [6.45, 7) is 6.59. The van der Waals surface area contributed by atoms with Gasteiger partial charge in [0, 0.05) is 18.5 Å². The molecular formula is C14H23N3O. The van der Waals surface area contributed by atoms with E-state index in [1.807, 2.05) is 6.92 Å². The van der Waals surface area contributed by atoms with Crippen LogP contribution >= 0.6 is 0 Å². The molecule has 0 amide bonds. The quantitative estimate of drug-likeness (QED) is 0.865. The predicted molar refractivity (Wildman–Crippen MR) is 73.8 cm³/mol. The SMILES string of the molecule is CCc1nc(NC2CC(C)CC(C)C2)cc(=O)[nH]1. The number of H-pyrrole nitrogens is 1. The highest BCUT2D eigenvalue weighted by Crippen LogP contribution is 2.29. The number of rotatable bonds is 3. The van der Waals surface area contributed by atoms with Gasteiger partial charge in [0.25, 0.3) is 5.56 Å². The third-order valence-corrected chi connectivity index (χ3v) is 3.66. The van der Waals surface area contributed by atoms with E-state index in [2.05, 4.69) is 29.1 Å². The first-order chi connectivity index (χ1) is 8.56. The molecule has 1 aliphatic rings. The lowest BCUT2D eigenvalue weighted by Gasteiger charge is -2.32. The summed E-state index contributed by atoms with van der Waals surface area (Å²) in [4.78, 5) is 18.7. The Morgan fingerprint density at radius 3 is 2.61 bits per heavy atom. The number of nitrogens with zero attached hydrogens (tertiary/aromatic N) is 1. The Hall–Kier alpha value is -1.32. The first-order valence-corrected chi connectivity index (χ1v) is 6.93. The van der Waals surface area contributed by atoms with E-state index in [1.54, 1.807) is 6.07 Å². The van der Waals surface area contributed by atoms with Crippen LogP contribution in [0.15, 0.2) is 10.9 Å². The molecule has 1 saturated carbocycles. The van der Waals surface area contributed by atoms with Crippen molar-refractivity contribution < 1.29 is 0 Å². The third-order valence-electron chi connectivity index (χ3n) is 3.66. The summed E-state index contributed by atoms with van der Waals surface area (Å²) in [5.41, 5.74) is -0.0683. The summed E-state index contributed by atoms with van der Waals surface area (Å²) in [6, 6.07) is 2.01. The number of aryl methyl sites for hydroxylation is 1. The molecule has 18 heavy (non-hydrogen) atoms. The first kappa shape index (κ1) is 13.1. The summed E-state index contributed by atoms with van der Waals surface area (Å²) in [5, 5.41) is 3.43. The van der Waals surface area contributed by atoms with Gasteiger partial charge in [-0.25, -0.2) is 4.98 Å². The van der Waals surface area contributed by atoms with Crippen molar-refractivity contribution in [2.75, 3.05) is 5.32 Å². The molecule has 1 heterocycles. The van der Waals surface area contributed by atoms with Crippen molar-refractivity contribution in [2.24, 2.45) is 11.8 Å². The van der Waals surface area contributed by atoms with Gasteiger partial charge in [0.15, 0.2) is 0 Å². The maximum Gasteiger partial charge on any atom is 0.252 e. The fourth-order valence-electron chi connectivity index (χ4n) is 3.02. The van der Waals surface area contributed by atoms with Gasteiger partial charge < -0.3 is 10.3 Å². The molecular weight excluding hydrogens is 226 g/mol.